The summed E-state index contributed by atoms with van der Waals surface area (Å²) in [6.45, 7) is 2.01. The van der Waals surface area contributed by atoms with E-state index in [1.54, 1.807) is 60.7 Å². The molecule has 0 atom stereocenters. The number of ether oxygens (including phenoxy) is 2. The summed E-state index contributed by atoms with van der Waals surface area (Å²) >= 11 is 0. The quantitative estimate of drug-likeness (QED) is 0.0779. The Hall–Kier alpha value is -1.74. The van der Waals surface area contributed by atoms with E-state index in [1.165, 1.54) is 24.3 Å². The smallest absolute Gasteiger partial charge is 1.00 e. The van der Waals surface area contributed by atoms with E-state index in [9.17, 15) is 60.4 Å². The molecule has 0 unspecified atom stereocenters. The Balaban J connectivity index is -0.000000243. The zero-order chi connectivity index (χ0) is 35.2. The van der Waals surface area contributed by atoms with Gasteiger partial charge in [-0.15, -0.1) is 0 Å². The van der Waals surface area contributed by atoms with Gasteiger partial charge in [-0.25, -0.2) is 8.42 Å². The van der Waals surface area contributed by atoms with Crippen molar-refractivity contribution in [1.82, 2.24) is 0 Å². The standard InChI is InChI=1S/C13H9F5O3S.C13H10F4O4S.C2H6.3Li.2H2O.H/c2*14-12(15,13(16,17)22(18,19)20)21-8-9-5-6-10-3-1-2-4-11(10)7-9;1-2;;;;;;/h1-7H,8H2;1-7H,8H2,(H,18,19,20);1-2H3;;;;2*1H2;/q;;;3*+1;;;-1/p-2. The van der Waals surface area contributed by atoms with Gasteiger partial charge < -0.3 is 26.4 Å². The Kier molecular flexibility index (Phi) is 24.0. The average Bonchev–Trinajstić information content (AvgIpc) is 2.99. The minimum absolute atomic E-state index is 0. The summed E-state index contributed by atoms with van der Waals surface area (Å²) in [5.74, 6) is 0. The molecule has 9 nitrogen and oxygen atoms in total. The molecule has 0 aliphatic carbocycles. The van der Waals surface area contributed by atoms with E-state index in [4.69, 9.17) is 0 Å². The van der Waals surface area contributed by atoms with Crippen LogP contribution in [-0.4, -0.2) is 55.1 Å². The first-order valence-electron chi connectivity index (χ1n) is 12.7. The van der Waals surface area contributed by atoms with Gasteiger partial charge in [-0.1, -0.05) is 90.5 Å². The van der Waals surface area contributed by atoms with Crippen molar-refractivity contribution in [3.63, 3.8) is 0 Å². The molecule has 4 rings (SSSR count). The van der Waals surface area contributed by atoms with E-state index in [0.29, 0.717) is 10.8 Å². The predicted octanol–water partition coefficient (Wildman–Crippen LogP) is -1.92. The second-order valence-electron chi connectivity index (χ2n) is 8.90. The third kappa shape index (κ3) is 13.9. The molecular weight excluding hydrogens is 736 g/mol. The Labute approximate surface area is 324 Å². The van der Waals surface area contributed by atoms with Crippen molar-refractivity contribution in [2.45, 2.75) is 49.8 Å². The van der Waals surface area contributed by atoms with Crippen LogP contribution in [0.4, 0.5) is 39.0 Å². The number of rotatable bonds is 10. The van der Waals surface area contributed by atoms with Crippen LogP contribution in [-0.2, 0) is 43.0 Å². The zero-order valence-electron chi connectivity index (χ0n) is 28.5. The number of fused-ring (bicyclic) bond motifs is 2. The van der Waals surface area contributed by atoms with Crippen LogP contribution in [0, 0.1) is 0 Å². The van der Waals surface area contributed by atoms with E-state index in [0.717, 1.165) is 10.8 Å². The van der Waals surface area contributed by atoms with Gasteiger partial charge in [0.2, 0.25) is 0 Å². The van der Waals surface area contributed by atoms with Crippen LogP contribution < -0.4 is 56.6 Å². The van der Waals surface area contributed by atoms with Crippen LogP contribution in [0.25, 0.3) is 21.5 Å². The molecule has 0 aromatic heterocycles. The van der Waals surface area contributed by atoms with Crippen molar-refractivity contribution in [2.75, 3.05) is 0 Å². The Bertz CT molecular complexity index is 1740. The van der Waals surface area contributed by atoms with Gasteiger partial charge in [0.05, 0.1) is 13.2 Å². The second-order valence-corrected chi connectivity index (χ2v) is 11.7. The fourth-order valence-corrected chi connectivity index (χ4v) is 4.15. The molecule has 0 aliphatic rings. The molecule has 3 N–H and O–H groups in total. The summed E-state index contributed by atoms with van der Waals surface area (Å²) in [5.41, 5.74) is 0.225. The maximum atomic E-state index is 13.1. The monoisotopic (exact) mass is 764 g/mol. The number of alkyl halides is 8. The Morgan fingerprint density at radius 2 is 0.882 bits per heavy atom. The van der Waals surface area contributed by atoms with Gasteiger partial charge in [0.1, 0.15) is 0 Å². The fourth-order valence-electron chi connectivity index (χ4n) is 3.46. The summed E-state index contributed by atoms with van der Waals surface area (Å²) in [6, 6.07) is 22.4. The van der Waals surface area contributed by atoms with Gasteiger partial charge >= 0.3 is 89.5 Å². The molecule has 0 saturated heterocycles. The van der Waals surface area contributed by atoms with Gasteiger partial charge in [0, 0.05) is 0 Å². The number of hydrogen-bond acceptors (Lipinski definition) is 8. The fraction of sp³-hybridized carbons (Fsp3) is 0.286. The number of hydrogen-bond donors (Lipinski definition) is 0. The van der Waals surface area contributed by atoms with Crippen LogP contribution in [0.5, 0.6) is 0 Å². The molecular formula is C28H28F9Li3O9S2. The van der Waals surface area contributed by atoms with Gasteiger partial charge in [-0.05, 0) is 44.8 Å². The largest absolute Gasteiger partial charge is 1.00 e. The van der Waals surface area contributed by atoms with Crippen LogP contribution in [0.15, 0.2) is 84.9 Å². The van der Waals surface area contributed by atoms with Crippen molar-refractivity contribution >= 4 is 41.9 Å². The van der Waals surface area contributed by atoms with Crippen molar-refractivity contribution < 1.29 is 139 Å². The summed E-state index contributed by atoms with van der Waals surface area (Å²) in [5, 5.41) is -8.92. The van der Waals surface area contributed by atoms with Crippen molar-refractivity contribution in [3.8, 4) is 0 Å². The van der Waals surface area contributed by atoms with Crippen LogP contribution in [0.2, 0.25) is 0 Å². The SMILES string of the molecule is CC.O.O=S(=O)(F)C(F)(F)C(F)(F)OCc1ccc2ccccc2c1.O=S(=O)([O-])C(F)(F)C(F)(F)OCc1ccc2ccccc2c1.[H-].[Li+].[Li+].[Li+].[OH-]. The molecule has 0 amide bonds. The van der Waals surface area contributed by atoms with E-state index >= 15 is 0 Å². The molecule has 0 radical (unpaired) electrons. The molecule has 0 bridgehead atoms. The first kappa shape index (κ1) is 56.0. The topological polar surface area (TPSA) is 171 Å². The molecule has 4 aromatic carbocycles. The Morgan fingerprint density at radius 1 is 0.588 bits per heavy atom. The van der Waals surface area contributed by atoms with E-state index in [2.05, 4.69) is 9.47 Å². The zero-order valence-corrected chi connectivity index (χ0v) is 29.2. The Morgan fingerprint density at radius 3 is 1.18 bits per heavy atom. The molecule has 0 fully saturated rings. The minimum Gasteiger partial charge on any atom is -1.00 e. The molecule has 0 spiro atoms. The molecule has 272 valence electrons. The van der Waals surface area contributed by atoms with Crippen molar-refractivity contribution in [2.24, 2.45) is 0 Å². The number of halogens is 9. The molecule has 0 heterocycles. The molecule has 23 heteroatoms. The number of benzene rings is 4. The predicted molar refractivity (Wildman–Crippen MR) is 155 cm³/mol. The maximum absolute atomic E-state index is 13.1. The van der Waals surface area contributed by atoms with Gasteiger partial charge in [-0.2, -0.15) is 43.5 Å². The maximum Gasteiger partial charge on any atom is 1.00 e. The van der Waals surface area contributed by atoms with Gasteiger partial charge in [0.25, 0.3) is 0 Å². The van der Waals surface area contributed by atoms with E-state index in [1.807, 2.05) is 13.8 Å². The third-order valence-corrected chi connectivity index (χ3v) is 7.48. The first-order valence-corrected chi connectivity index (χ1v) is 15.5. The molecule has 51 heavy (non-hydrogen) atoms. The molecule has 4 aromatic rings. The summed E-state index contributed by atoms with van der Waals surface area (Å²) in [7, 11) is -13.4. The van der Waals surface area contributed by atoms with Gasteiger partial charge in [0.15, 0.2) is 10.1 Å². The summed E-state index contributed by atoms with van der Waals surface area (Å²) in [4.78, 5) is 0. The second kappa shape index (κ2) is 21.8. The average molecular weight is 764 g/mol. The molecule has 0 aliphatic heterocycles. The van der Waals surface area contributed by atoms with Crippen LogP contribution >= 0.6 is 0 Å². The van der Waals surface area contributed by atoms with Crippen LogP contribution in [0.3, 0.4) is 0 Å². The summed E-state index contributed by atoms with van der Waals surface area (Å²) < 4.78 is 174. The third-order valence-electron chi connectivity index (χ3n) is 5.77. The minimum atomic E-state index is -6.81. The molecule has 0 saturated carbocycles. The van der Waals surface area contributed by atoms with E-state index in [-0.39, 0.29) is 80.1 Å². The van der Waals surface area contributed by atoms with Crippen LogP contribution in [0.1, 0.15) is 26.4 Å². The van der Waals surface area contributed by atoms with Crippen molar-refractivity contribution in [1.29, 1.82) is 0 Å². The summed E-state index contributed by atoms with van der Waals surface area (Å²) in [6.07, 6.45) is -10.9. The first-order chi connectivity index (χ1) is 21.1. The normalized spacial score (nSPS) is 11.8. The van der Waals surface area contributed by atoms with E-state index < -0.39 is 56.3 Å². The van der Waals surface area contributed by atoms with Crippen molar-refractivity contribution in [3.05, 3.63) is 96.1 Å². The van der Waals surface area contributed by atoms with Gasteiger partial charge in [-0.3, -0.25) is 0 Å².